The number of carbonyl (C=O) groups is 2. The molecule has 0 fully saturated rings. The molecule has 0 spiro atoms. The Balaban J connectivity index is 1.79. The zero-order valence-corrected chi connectivity index (χ0v) is 20.5. The number of nitrogens with one attached hydrogen (secondary N) is 2. The third-order valence-corrected chi connectivity index (χ3v) is 6.24. The van der Waals surface area contributed by atoms with Crippen molar-refractivity contribution in [1.82, 2.24) is 10.7 Å². The molecule has 1 atom stereocenters. The van der Waals surface area contributed by atoms with Gasteiger partial charge < -0.3 is 5.32 Å². The van der Waals surface area contributed by atoms with E-state index in [2.05, 4.69) is 15.8 Å². The summed E-state index contributed by atoms with van der Waals surface area (Å²) in [5, 5.41) is 29.0. The Hall–Kier alpha value is -4.58. The summed E-state index contributed by atoms with van der Waals surface area (Å²) in [6.45, 7) is 1.72. The summed E-state index contributed by atoms with van der Waals surface area (Å²) in [7, 11) is 0. The number of carbonyl (C=O) groups excluding carboxylic acids is 2. The van der Waals surface area contributed by atoms with Crippen molar-refractivity contribution in [2.45, 2.75) is 18.7 Å². The lowest BCUT2D eigenvalue weighted by atomic mass is 10.1. The topological polar surface area (TPSA) is 157 Å². The van der Waals surface area contributed by atoms with E-state index in [-0.39, 0.29) is 11.3 Å². The lowest BCUT2D eigenvalue weighted by Crippen LogP contribution is -2.47. The first-order valence-electron chi connectivity index (χ1n) is 11.0. The van der Waals surface area contributed by atoms with Crippen molar-refractivity contribution >= 4 is 40.7 Å². The molecule has 0 heterocycles. The van der Waals surface area contributed by atoms with Crippen LogP contribution >= 0.6 is 11.8 Å². The standard InChI is InChI=1S/C25H23N5O6S/c1-17(19-10-6-3-7-11-19)27-28-25(32)23(16-37-15-18-8-4-2-5-9-18)26-24(31)20-12-21(29(33)34)14-22(13-20)30(35)36/h2-14,23H,15-16H2,1H3,(H,26,31)(H,28,32)/b27-17-/t23-/m1/s1. The van der Waals surface area contributed by atoms with Crippen molar-refractivity contribution in [2.24, 2.45) is 5.10 Å². The van der Waals surface area contributed by atoms with Gasteiger partial charge in [0.1, 0.15) is 6.04 Å². The maximum atomic E-state index is 13.0. The normalized spacial score (nSPS) is 11.9. The number of hydrazone groups is 1. The molecule has 12 heteroatoms. The van der Waals surface area contributed by atoms with Gasteiger partial charge in [-0.05, 0) is 18.1 Å². The van der Waals surface area contributed by atoms with Crippen LogP contribution in [0.2, 0.25) is 0 Å². The van der Waals surface area contributed by atoms with Crippen LogP contribution in [0, 0.1) is 20.2 Å². The van der Waals surface area contributed by atoms with Gasteiger partial charge >= 0.3 is 0 Å². The van der Waals surface area contributed by atoms with Crippen molar-refractivity contribution in [2.75, 3.05) is 5.75 Å². The Kier molecular flexibility index (Phi) is 9.44. The molecule has 3 aromatic carbocycles. The van der Waals surface area contributed by atoms with Crippen LogP contribution in [0.4, 0.5) is 11.4 Å². The highest BCUT2D eigenvalue weighted by Crippen LogP contribution is 2.23. The van der Waals surface area contributed by atoms with Crippen molar-refractivity contribution in [1.29, 1.82) is 0 Å². The first-order chi connectivity index (χ1) is 17.7. The van der Waals surface area contributed by atoms with Gasteiger partial charge in [-0.1, -0.05) is 60.7 Å². The molecule has 0 unspecified atom stereocenters. The van der Waals surface area contributed by atoms with Crippen molar-refractivity contribution in [3.05, 3.63) is 116 Å². The molecule has 2 amide bonds. The minimum atomic E-state index is -1.08. The van der Waals surface area contributed by atoms with Crippen LogP contribution in [0.5, 0.6) is 0 Å². The minimum absolute atomic E-state index is 0.156. The summed E-state index contributed by atoms with van der Waals surface area (Å²) in [5.74, 6) is -0.751. The molecule has 3 aromatic rings. The molecule has 11 nitrogen and oxygen atoms in total. The van der Waals surface area contributed by atoms with Crippen LogP contribution in [0.25, 0.3) is 0 Å². The van der Waals surface area contributed by atoms with E-state index in [1.54, 1.807) is 6.92 Å². The molecule has 0 aliphatic rings. The Bertz CT molecular complexity index is 1290. The van der Waals surface area contributed by atoms with Crippen LogP contribution in [-0.4, -0.2) is 39.2 Å². The van der Waals surface area contributed by atoms with Crippen LogP contribution in [-0.2, 0) is 10.5 Å². The molecule has 0 aliphatic heterocycles. The molecule has 37 heavy (non-hydrogen) atoms. The summed E-state index contributed by atoms with van der Waals surface area (Å²) in [6.07, 6.45) is 0. The van der Waals surface area contributed by atoms with E-state index in [0.717, 1.165) is 29.3 Å². The first kappa shape index (κ1) is 27.0. The van der Waals surface area contributed by atoms with E-state index in [1.807, 2.05) is 60.7 Å². The van der Waals surface area contributed by atoms with Gasteiger partial charge in [0.2, 0.25) is 0 Å². The van der Waals surface area contributed by atoms with Gasteiger partial charge in [-0.15, -0.1) is 0 Å². The molecular formula is C25H23N5O6S. The van der Waals surface area contributed by atoms with Crippen LogP contribution in [0.3, 0.4) is 0 Å². The second-order valence-electron chi connectivity index (χ2n) is 7.82. The number of benzene rings is 3. The summed E-state index contributed by atoms with van der Waals surface area (Å²) in [5.41, 5.74) is 3.28. The molecule has 3 rings (SSSR count). The highest BCUT2D eigenvalue weighted by Gasteiger charge is 2.25. The van der Waals surface area contributed by atoms with Crippen molar-refractivity contribution in [3.63, 3.8) is 0 Å². The molecule has 0 aromatic heterocycles. The average molecular weight is 522 g/mol. The molecule has 0 saturated carbocycles. The Morgan fingerprint density at radius 3 is 2.03 bits per heavy atom. The molecule has 0 radical (unpaired) electrons. The second kappa shape index (κ2) is 12.9. The van der Waals surface area contributed by atoms with Gasteiger partial charge in [0, 0.05) is 23.6 Å². The third kappa shape index (κ3) is 7.97. The lowest BCUT2D eigenvalue weighted by molar-refractivity contribution is -0.394. The Labute approximate surface area is 216 Å². The highest BCUT2D eigenvalue weighted by molar-refractivity contribution is 7.98. The number of rotatable bonds is 11. The van der Waals surface area contributed by atoms with E-state index in [4.69, 9.17) is 0 Å². The molecule has 0 aliphatic carbocycles. The quantitative estimate of drug-likeness (QED) is 0.219. The number of hydrogen-bond acceptors (Lipinski definition) is 8. The smallest absolute Gasteiger partial charge is 0.277 e. The predicted octanol–water partition coefficient (Wildman–Crippen LogP) is 4.08. The number of nitro groups is 2. The van der Waals surface area contributed by atoms with Crippen LogP contribution < -0.4 is 10.7 Å². The molecular weight excluding hydrogens is 498 g/mol. The monoisotopic (exact) mass is 521 g/mol. The largest absolute Gasteiger partial charge is 0.339 e. The zero-order valence-electron chi connectivity index (χ0n) is 19.7. The van der Waals surface area contributed by atoms with E-state index >= 15 is 0 Å². The van der Waals surface area contributed by atoms with Crippen molar-refractivity contribution < 1.29 is 19.4 Å². The van der Waals surface area contributed by atoms with Gasteiger partial charge in [-0.25, -0.2) is 5.43 Å². The molecule has 190 valence electrons. The minimum Gasteiger partial charge on any atom is -0.339 e. The Morgan fingerprint density at radius 1 is 0.892 bits per heavy atom. The summed E-state index contributed by atoms with van der Waals surface area (Å²) >= 11 is 1.39. The number of non-ortho nitro benzene ring substituents is 2. The fourth-order valence-electron chi connectivity index (χ4n) is 3.19. The summed E-state index contributed by atoms with van der Waals surface area (Å²) in [6, 6.07) is 20.2. The molecule has 0 bridgehead atoms. The Morgan fingerprint density at radius 2 is 1.46 bits per heavy atom. The maximum absolute atomic E-state index is 13.0. The predicted molar refractivity (Wildman–Crippen MR) is 140 cm³/mol. The van der Waals surface area contributed by atoms with E-state index < -0.39 is 39.1 Å². The SMILES string of the molecule is C/C(=N/NC(=O)[C@@H](CSCc1ccccc1)NC(=O)c1cc([N+](=O)[O-])cc([N+](=O)[O-])c1)c1ccccc1. The zero-order chi connectivity index (χ0) is 26.8. The first-order valence-corrected chi connectivity index (χ1v) is 12.2. The third-order valence-electron chi connectivity index (χ3n) is 5.13. The molecule has 0 saturated heterocycles. The lowest BCUT2D eigenvalue weighted by Gasteiger charge is -2.17. The number of amides is 2. The van der Waals surface area contributed by atoms with Crippen molar-refractivity contribution in [3.8, 4) is 0 Å². The van der Waals surface area contributed by atoms with Gasteiger partial charge in [0.05, 0.1) is 27.2 Å². The average Bonchev–Trinajstić information content (AvgIpc) is 2.91. The highest BCUT2D eigenvalue weighted by atomic mass is 32.2. The van der Waals surface area contributed by atoms with E-state index in [0.29, 0.717) is 11.5 Å². The fraction of sp³-hybridized carbons (Fsp3) is 0.160. The fourth-order valence-corrected chi connectivity index (χ4v) is 4.21. The summed E-state index contributed by atoms with van der Waals surface area (Å²) < 4.78 is 0. The summed E-state index contributed by atoms with van der Waals surface area (Å²) in [4.78, 5) is 46.6. The van der Waals surface area contributed by atoms with Gasteiger partial charge in [0.25, 0.3) is 23.2 Å². The number of hydrogen-bond donors (Lipinski definition) is 2. The van der Waals surface area contributed by atoms with Crippen LogP contribution in [0.1, 0.15) is 28.4 Å². The second-order valence-corrected chi connectivity index (χ2v) is 8.85. The number of thioether (sulfide) groups is 1. The van der Waals surface area contributed by atoms with Gasteiger partial charge in [-0.2, -0.15) is 16.9 Å². The van der Waals surface area contributed by atoms with Gasteiger partial charge in [0.15, 0.2) is 0 Å². The maximum Gasteiger partial charge on any atom is 0.277 e. The van der Waals surface area contributed by atoms with E-state index in [1.165, 1.54) is 11.8 Å². The number of nitro benzene ring substituents is 2. The van der Waals surface area contributed by atoms with Gasteiger partial charge in [-0.3, -0.25) is 29.8 Å². The number of nitrogens with zero attached hydrogens (tertiary/aromatic N) is 3. The van der Waals surface area contributed by atoms with E-state index in [9.17, 15) is 29.8 Å². The van der Waals surface area contributed by atoms with Crippen LogP contribution in [0.15, 0.2) is 84.0 Å². The molecule has 2 N–H and O–H groups in total.